The molecule has 9 heteroatoms. The third-order valence-corrected chi connectivity index (χ3v) is 9.09. The molecule has 1 aromatic heterocycles. The van der Waals surface area contributed by atoms with Crippen LogP contribution in [0.5, 0.6) is 5.75 Å². The Hall–Kier alpha value is -3.84. The molecule has 206 valence electrons. The van der Waals surface area contributed by atoms with Crippen LogP contribution in [-0.2, 0) is 14.8 Å². The van der Waals surface area contributed by atoms with Crippen molar-refractivity contribution in [3.63, 3.8) is 0 Å². The molecule has 2 fully saturated rings. The van der Waals surface area contributed by atoms with E-state index in [4.69, 9.17) is 9.47 Å². The monoisotopic (exact) mass is 556 g/mol. The summed E-state index contributed by atoms with van der Waals surface area (Å²) in [5.74, 6) is 0.623. The van der Waals surface area contributed by atoms with Crippen molar-refractivity contribution >= 4 is 26.6 Å². The Kier molecular flexibility index (Phi) is 7.24. The first-order valence-corrected chi connectivity index (χ1v) is 15.4. The van der Waals surface area contributed by atoms with Gasteiger partial charge in [-0.3, -0.25) is 0 Å². The highest BCUT2D eigenvalue weighted by molar-refractivity contribution is 7.88. The van der Waals surface area contributed by atoms with Gasteiger partial charge < -0.3 is 19.4 Å². The summed E-state index contributed by atoms with van der Waals surface area (Å²) >= 11 is 0. The van der Waals surface area contributed by atoms with E-state index < -0.39 is 10.0 Å². The van der Waals surface area contributed by atoms with E-state index in [2.05, 4.69) is 58.4 Å². The molecule has 0 amide bonds. The molecule has 0 atom stereocenters. The number of nitriles is 1. The van der Waals surface area contributed by atoms with Crippen molar-refractivity contribution in [1.82, 2.24) is 9.29 Å². The fraction of sp³-hybridized carbons (Fsp3) is 0.323. The summed E-state index contributed by atoms with van der Waals surface area (Å²) in [6, 6.07) is 24.9. The average Bonchev–Trinajstić information content (AvgIpc) is 3.42. The number of benzene rings is 3. The van der Waals surface area contributed by atoms with Gasteiger partial charge in [0.05, 0.1) is 25.0 Å². The summed E-state index contributed by atoms with van der Waals surface area (Å²) in [6.45, 7) is 3.72. The van der Waals surface area contributed by atoms with Crippen LogP contribution in [0.2, 0.25) is 0 Å². The maximum absolute atomic E-state index is 11.8. The van der Waals surface area contributed by atoms with Gasteiger partial charge >= 0.3 is 0 Å². The molecule has 6 rings (SSSR count). The number of aromatic amines is 1. The molecule has 0 bridgehead atoms. The number of rotatable bonds is 6. The van der Waals surface area contributed by atoms with Crippen molar-refractivity contribution < 1.29 is 17.9 Å². The Morgan fingerprint density at radius 3 is 2.38 bits per heavy atom. The van der Waals surface area contributed by atoms with E-state index in [0.717, 1.165) is 51.8 Å². The van der Waals surface area contributed by atoms with Gasteiger partial charge in [0, 0.05) is 61.3 Å². The van der Waals surface area contributed by atoms with Gasteiger partial charge in [0.1, 0.15) is 17.9 Å². The van der Waals surface area contributed by atoms with Crippen molar-refractivity contribution in [1.29, 1.82) is 5.26 Å². The normalized spacial score (nSPS) is 17.1. The average molecular weight is 557 g/mol. The fourth-order valence-corrected chi connectivity index (χ4v) is 6.38. The van der Waals surface area contributed by atoms with E-state index in [1.807, 2.05) is 24.3 Å². The van der Waals surface area contributed by atoms with E-state index in [1.165, 1.54) is 10.6 Å². The number of sulfonamides is 1. The molecular weight excluding hydrogens is 524 g/mol. The molecule has 4 aromatic rings. The second-order valence-electron chi connectivity index (χ2n) is 10.4. The minimum Gasteiger partial charge on any atom is -0.489 e. The maximum atomic E-state index is 11.8. The zero-order valence-corrected chi connectivity index (χ0v) is 23.3. The number of hydrogen-bond acceptors (Lipinski definition) is 6. The number of anilines is 1. The number of H-pyrrole nitrogens is 1. The summed E-state index contributed by atoms with van der Waals surface area (Å²) in [4.78, 5) is 5.77. The highest BCUT2D eigenvalue weighted by atomic mass is 32.2. The zero-order valence-electron chi connectivity index (χ0n) is 22.5. The van der Waals surface area contributed by atoms with Gasteiger partial charge in [-0.15, -0.1) is 0 Å². The van der Waals surface area contributed by atoms with E-state index in [0.29, 0.717) is 50.7 Å². The third-order valence-electron chi connectivity index (χ3n) is 7.79. The summed E-state index contributed by atoms with van der Waals surface area (Å²) in [7, 11) is -3.15. The second-order valence-corrected chi connectivity index (χ2v) is 12.4. The molecule has 8 nitrogen and oxygen atoms in total. The van der Waals surface area contributed by atoms with Crippen LogP contribution in [0, 0.1) is 11.3 Å². The molecule has 0 saturated carbocycles. The molecule has 2 saturated heterocycles. The van der Waals surface area contributed by atoms with E-state index in [-0.39, 0.29) is 6.10 Å². The molecule has 0 spiro atoms. The van der Waals surface area contributed by atoms with Crippen LogP contribution in [-0.4, -0.2) is 69.5 Å². The Bertz CT molecular complexity index is 1660. The minimum absolute atomic E-state index is 0.0749. The van der Waals surface area contributed by atoms with Crippen molar-refractivity contribution in [2.75, 3.05) is 50.5 Å². The van der Waals surface area contributed by atoms with Crippen LogP contribution in [0.4, 0.5) is 5.69 Å². The van der Waals surface area contributed by atoms with Gasteiger partial charge in [0.25, 0.3) is 0 Å². The number of ether oxygens (including phenoxy) is 2. The maximum Gasteiger partial charge on any atom is 0.211 e. The van der Waals surface area contributed by atoms with Crippen molar-refractivity contribution in [3.8, 4) is 34.2 Å². The van der Waals surface area contributed by atoms with Gasteiger partial charge in [0.2, 0.25) is 10.0 Å². The lowest BCUT2D eigenvalue weighted by molar-refractivity contribution is 0.0254. The molecular formula is C31H32N4O4S. The Balaban J connectivity index is 1.23. The summed E-state index contributed by atoms with van der Waals surface area (Å²) < 4.78 is 36.7. The molecule has 40 heavy (non-hydrogen) atoms. The van der Waals surface area contributed by atoms with Gasteiger partial charge in [-0.2, -0.15) is 9.57 Å². The van der Waals surface area contributed by atoms with Crippen LogP contribution < -0.4 is 9.64 Å². The molecule has 0 radical (unpaired) electrons. The summed E-state index contributed by atoms with van der Waals surface area (Å²) in [6.07, 6.45) is 3.01. The Morgan fingerprint density at radius 2 is 1.68 bits per heavy atom. The van der Waals surface area contributed by atoms with Crippen molar-refractivity contribution in [2.45, 2.75) is 18.9 Å². The first-order chi connectivity index (χ1) is 19.4. The molecule has 3 aromatic carbocycles. The third kappa shape index (κ3) is 5.43. The molecule has 1 N–H and O–H groups in total. The largest absolute Gasteiger partial charge is 0.489 e. The Labute approximate surface area is 234 Å². The number of nitrogens with zero attached hydrogens (tertiary/aromatic N) is 3. The number of nitrogens with one attached hydrogen (secondary N) is 1. The summed E-state index contributed by atoms with van der Waals surface area (Å²) in [5.41, 5.74) is 6.74. The smallest absolute Gasteiger partial charge is 0.211 e. The van der Waals surface area contributed by atoms with Crippen molar-refractivity contribution in [2.24, 2.45) is 0 Å². The SMILES string of the molecule is CS(=O)(=O)N1CCN(c2ccc(-c3cc4c(-c5ccc(OC6CCOCC6)c(C#N)c5)cccc4[nH]3)cc2)CC1. The van der Waals surface area contributed by atoms with Crippen LogP contribution in [0.25, 0.3) is 33.3 Å². The van der Waals surface area contributed by atoms with Crippen LogP contribution >= 0.6 is 0 Å². The predicted molar refractivity (Wildman–Crippen MR) is 157 cm³/mol. The highest BCUT2D eigenvalue weighted by Crippen LogP contribution is 2.35. The second kappa shape index (κ2) is 11.0. The number of aromatic nitrogens is 1. The highest BCUT2D eigenvalue weighted by Gasteiger charge is 2.23. The lowest BCUT2D eigenvalue weighted by Crippen LogP contribution is -2.48. The summed E-state index contributed by atoms with van der Waals surface area (Å²) in [5, 5.41) is 10.9. The zero-order chi connectivity index (χ0) is 27.7. The van der Waals surface area contributed by atoms with E-state index in [1.54, 1.807) is 0 Å². The Morgan fingerprint density at radius 1 is 0.950 bits per heavy atom. The van der Waals surface area contributed by atoms with Gasteiger partial charge in [-0.25, -0.2) is 8.42 Å². The van der Waals surface area contributed by atoms with Gasteiger partial charge in [-0.1, -0.05) is 30.3 Å². The van der Waals surface area contributed by atoms with Crippen LogP contribution in [0.1, 0.15) is 18.4 Å². The van der Waals surface area contributed by atoms with E-state index >= 15 is 0 Å². The topological polar surface area (TPSA) is 98.7 Å². The molecule has 2 aliphatic rings. The predicted octanol–water partition coefficient (Wildman–Crippen LogP) is 5.01. The standard InChI is InChI=1S/C31H32N4O4S/c1-40(36,37)35-15-13-34(14-16-35)25-8-5-22(6-9-25)30-20-28-27(3-2-4-29(28)33-30)23-7-10-31(24(19-23)21-32)39-26-11-17-38-18-12-26/h2-10,19-20,26,33H,11-18H2,1H3. The fourth-order valence-electron chi connectivity index (χ4n) is 5.55. The van der Waals surface area contributed by atoms with Gasteiger partial charge in [-0.05, 0) is 53.1 Å². The first-order valence-electron chi connectivity index (χ1n) is 13.6. The first kappa shape index (κ1) is 26.4. The lowest BCUT2D eigenvalue weighted by atomic mass is 9.99. The molecule has 3 heterocycles. The molecule has 0 aliphatic carbocycles. The minimum atomic E-state index is -3.15. The number of fused-ring (bicyclic) bond motifs is 1. The van der Waals surface area contributed by atoms with E-state index in [9.17, 15) is 13.7 Å². The van der Waals surface area contributed by atoms with Crippen LogP contribution in [0.3, 0.4) is 0 Å². The van der Waals surface area contributed by atoms with Gasteiger partial charge in [0.15, 0.2) is 0 Å². The van der Waals surface area contributed by atoms with Crippen LogP contribution in [0.15, 0.2) is 66.7 Å². The number of hydrogen-bond donors (Lipinski definition) is 1. The molecule has 2 aliphatic heterocycles. The lowest BCUT2D eigenvalue weighted by Gasteiger charge is -2.34. The number of piperazine rings is 1. The quantitative estimate of drug-likeness (QED) is 0.358. The van der Waals surface area contributed by atoms with Crippen molar-refractivity contribution in [3.05, 3.63) is 72.3 Å². The molecule has 0 unspecified atom stereocenters.